The minimum absolute atomic E-state index is 0.330. The van der Waals surface area contributed by atoms with E-state index in [-0.39, 0.29) is 0 Å². The quantitative estimate of drug-likeness (QED) is 0.659. The molecule has 1 fully saturated rings. The van der Waals surface area contributed by atoms with Crippen molar-refractivity contribution in [2.45, 2.75) is 57.5 Å². The van der Waals surface area contributed by atoms with Gasteiger partial charge in [-0.3, -0.25) is 0 Å². The van der Waals surface area contributed by atoms with Gasteiger partial charge in [-0.25, -0.2) is 0 Å². The number of hydrogen-bond acceptors (Lipinski definition) is 2. The minimum atomic E-state index is 0.330. The zero-order valence-corrected chi connectivity index (χ0v) is 8.05. The lowest BCUT2D eigenvalue weighted by molar-refractivity contribution is 0.273. The largest absolute Gasteiger partial charge is 0.396 e. The number of nitrogens with one attached hydrogen (secondary N) is 1. The van der Waals surface area contributed by atoms with Crippen molar-refractivity contribution < 1.29 is 5.11 Å². The summed E-state index contributed by atoms with van der Waals surface area (Å²) in [5.74, 6) is 0. The van der Waals surface area contributed by atoms with E-state index in [1.54, 1.807) is 0 Å². The molecule has 0 saturated heterocycles. The highest BCUT2D eigenvalue weighted by molar-refractivity contribution is 4.76. The monoisotopic (exact) mass is 171 g/mol. The third-order valence-corrected chi connectivity index (χ3v) is 2.67. The molecule has 0 amide bonds. The zero-order chi connectivity index (χ0) is 8.81. The van der Waals surface area contributed by atoms with Gasteiger partial charge in [0.1, 0.15) is 0 Å². The van der Waals surface area contributed by atoms with Crippen molar-refractivity contribution in [3.63, 3.8) is 0 Å². The molecule has 12 heavy (non-hydrogen) atoms. The predicted molar refractivity (Wildman–Crippen MR) is 51.2 cm³/mol. The van der Waals surface area contributed by atoms with Crippen molar-refractivity contribution >= 4 is 0 Å². The van der Waals surface area contributed by atoms with Gasteiger partial charge in [0.2, 0.25) is 0 Å². The maximum absolute atomic E-state index is 8.65. The topological polar surface area (TPSA) is 32.3 Å². The molecule has 1 aliphatic carbocycles. The number of aliphatic hydroxyl groups excluding tert-OH is 1. The predicted octanol–water partition coefficient (Wildman–Crippen LogP) is 1.68. The molecule has 0 unspecified atom stereocenters. The third kappa shape index (κ3) is 3.55. The molecule has 1 aliphatic rings. The normalized spacial score (nSPS) is 21.5. The summed E-state index contributed by atoms with van der Waals surface area (Å²) in [6, 6.07) is 1.35. The van der Waals surface area contributed by atoms with Gasteiger partial charge in [-0.1, -0.05) is 12.8 Å². The lowest BCUT2D eigenvalue weighted by Gasteiger charge is -2.18. The van der Waals surface area contributed by atoms with E-state index in [1.807, 2.05) is 0 Å². The Morgan fingerprint density at radius 1 is 1.42 bits per heavy atom. The fourth-order valence-electron chi connectivity index (χ4n) is 1.98. The molecule has 0 aromatic rings. The Bertz CT molecular complexity index is 110. The molecule has 1 rings (SSSR count). The van der Waals surface area contributed by atoms with Crippen LogP contribution in [0.4, 0.5) is 0 Å². The Morgan fingerprint density at radius 3 is 2.67 bits per heavy atom. The van der Waals surface area contributed by atoms with Crippen LogP contribution in [0.15, 0.2) is 0 Å². The summed E-state index contributed by atoms with van der Waals surface area (Å²) in [4.78, 5) is 0. The van der Waals surface area contributed by atoms with Crippen molar-refractivity contribution in [2.24, 2.45) is 0 Å². The fraction of sp³-hybridized carbons (Fsp3) is 1.00. The maximum atomic E-state index is 8.65. The van der Waals surface area contributed by atoms with E-state index in [1.165, 1.54) is 25.7 Å². The molecule has 0 aromatic heterocycles. The molecule has 0 radical (unpaired) electrons. The van der Waals surface area contributed by atoms with Crippen LogP contribution in [0, 0.1) is 0 Å². The fourth-order valence-corrected chi connectivity index (χ4v) is 1.98. The lowest BCUT2D eigenvalue weighted by Crippen LogP contribution is -2.34. The third-order valence-electron chi connectivity index (χ3n) is 2.67. The van der Waals surface area contributed by atoms with Crippen molar-refractivity contribution in [3.05, 3.63) is 0 Å². The van der Waals surface area contributed by atoms with E-state index in [0.29, 0.717) is 12.6 Å². The average molecular weight is 171 g/mol. The Morgan fingerprint density at radius 2 is 2.08 bits per heavy atom. The first-order chi connectivity index (χ1) is 5.83. The van der Waals surface area contributed by atoms with Crippen molar-refractivity contribution in [2.75, 3.05) is 6.61 Å². The first-order valence-corrected chi connectivity index (χ1v) is 5.20. The molecule has 2 nitrogen and oxygen atoms in total. The molecular weight excluding hydrogens is 150 g/mol. The van der Waals surface area contributed by atoms with Crippen molar-refractivity contribution in [3.8, 4) is 0 Å². The summed E-state index contributed by atoms with van der Waals surface area (Å²) < 4.78 is 0. The summed E-state index contributed by atoms with van der Waals surface area (Å²) in [5.41, 5.74) is 0. The van der Waals surface area contributed by atoms with Gasteiger partial charge in [0.15, 0.2) is 0 Å². The molecule has 1 saturated carbocycles. The average Bonchev–Trinajstić information content (AvgIpc) is 2.53. The summed E-state index contributed by atoms with van der Waals surface area (Å²) in [5, 5.41) is 12.3. The molecule has 72 valence electrons. The van der Waals surface area contributed by atoms with Gasteiger partial charge in [0.25, 0.3) is 0 Å². The van der Waals surface area contributed by atoms with Gasteiger partial charge in [-0.15, -0.1) is 0 Å². The van der Waals surface area contributed by atoms with Crippen LogP contribution in [0.25, 0.3) is 0 Å². The maximum Gasteiger partial charge on any atom is 0.0431 e. The van der Waals surface area contributed by atoms with Gasteiger partial charge in [-0.2, -0.15) is 0 Å². The first-order valence-electron chi connectivity index (χ1n) is 5.20. The van der Waals surface area contributed by atoms with E-state index < -0.39 is 0 Å². The molecule has 0 spiro atoms. The van der Waals surface area contributed by atoms with Crippen molar-refractivity contribution in [1.29, 1.82) is 0 Å². The van der Waals surface area contributed by atoms with E-state index >= 15 is 0 Å². The molecule has 2 N–H and O–H groups in total. The highest BCUT2D eigenvalue weighted by atomic mass is 16.2. The van der Waals surface area contributed by atoms with Crippen LogP contribution in [0.1, 0.15) is 45.4 Å². The van der Waals surface area contributed by atoms with Gasteiger partial charge < -0.3 is 10.4 Å². The first kappa shape index (κ1) is 10.0. The second-order valence-electron chi connectivity index (χ2n) is 3.91. The highest BCUT2D eigenvalue weighted by Crippen LogP contribution is 2.18. The smallest absolute Gasteiger partial charge is 0.0431 e. The van der Waals surface area contributed by atoms with Gasteiger partial charge >= 0.3 is 0 Å². The number of hydrogen-bond donors (Lipinski definition) is 2. The number of rotatable bonds is 5. The SMILES string of the molecule is C[C@H](CCCO)NC1CCCC1. The number of aliphatic hydroxyl groups is 1. The standard InChI is InChI=1S/C10H21NO/c1-9(5-4-8-12)11-10-6-2-3-7-10/h9-12H,2-8H2,1H3/t9-/m1/s1. The molecule has 0 aliphatic heterocycles. The van der Waals surface area contributed by atoms with Crippen LogP contribution in [0.3, 0.4) is 0 Å². The van der Waals surface area contributed by atoms with Crippen LogP contribution in [-0.2, 0) is 0 Å². The summed E-state index contributed by atoms with van der Waals surface area (Å²) in [6.45, 7) is 2.55. The summed E-state index contributed by atoms with van der Waals surface area (Å²) in [7, 11) is 0. The molecule has 0 aromatic carbocycles. The van der Waals surface area contributed by atoms with Crippen LogP contribution in [0.2, 0.25) is 0 Å². The summed E-state index contributed by atoms with van der Waals surface area (Å²) >= 11 is 0. The van der Waals surface area contributed by atoms with Crippen LogP contribution < -0.4 is 5.32 Å². The Balaban J connectivity index is 2.03. The zero-order valence-electron chi connectivity index (χ0n) is 8.05. The lowest BCUT2D eigenvalue weighted by atomic mass is 10.1. The molecule has 0 heterocycles. The van der Waals surface area contributed by atoms with E-state index in [0.717, 1.165) is 18.9 Å². The Kier molecular flexibility index (Phi) is 4.62. The van der Waals surface area contributed by atoms with Gasteiger partial charge in [0, 0.05) is 18.7 Å². The molecule has 1 atom stereocenters. The molecular formula is C10H21NO. The molecule has 2 heteroatoms. The van der Waals surface area contributed by atoms with E-state index in [4.69, 9.17) is 5.11 Å². The van der Waals surface area contributed by atoms with E-state index in [2.05, 4.69) is 12.2 Å². The second kappa shape index (κ2) is 5.55. The second-order valence-corrected chi connectivity index (χ2v) is 3.91. The minimum Gasteiger partial charge on any atom is -0.396 e. The van der Waals surface area contributed by atoms with Crippen LogP contribution >= 0.6 is 0 Å². The van der Waals surface area contributed by atoms with Crippen LogP contribution in [-0.4, -0.2) is 23.8 Å². The Labute approximate surface area is 75.4 Å². The van der Waals surface area contributed by atoms with E-state index in [9.17, 15) is 0 Å². The Hall–Kier alpha value is -0.0800. The van der Waals surface area contributed by atoms with Gasteiger partial charge in [0.05, 0.1) is 0 Å². The van der Waals surface area contributed by atoms with Crippen molar-refractivity contribution in [1.82, 2.24) is 5.32 Å². The van der Waals surface area contributed by atoms with Crippen LogP contribution in [0.5, 0.6) is 0 Å². The molecule has 0 bridgehead atoms. The highest BCUT2D eigenvalue weighted by Gasteiger charge is 2.16. The summed E-state index contributed by atoms with van der Waals surface area (Å²) in [6.07, 6.45) is 7.52. The van der Waals surface area contributed by atoms with Gasteiger partial charge in [-0.05, 0) is 32.6 Å².